The van der Waals surface area contributed by atoms with E-state index in [-0.39, 0.29) is 18.3 Å². The van der Waals surface area contributed by atoms with Gasteiger partial charge < -0.3 is 9.47 Å². The minimum Gasteiger partial charge on any atom is -0.492 e. The van der Waals surface area contributed by atoms with Gasteiger partial charge in [-0.15, -0.1) is 0 Å². The zero-order chi connectivity index (χ0) is 9.97. The molecule has 74 valence electrons. The first-order valence-corrected chi connectivity index (χ1v) is 4.56. The smallest absolute Gasteiger partial charge is 0.169 e. The number of carbonyl (C=O) groups is 1. The van der Waals surface area contributed by atoms with Gasteiger partial charge in [-0.25, -0.2) is 0 Å². The lowest BCUT2D eigenvalue weighted by Crippen LogP contribution is -2.18. The number of rotatable bonds is 3. The molecule has 1 aliphatic heterocycles. The van der Waals surface area contributed by atoms with Crippen molar-refractivity contribution in [3.8, 4) is 5.75 Å². The lowest BCUT2D eigenvalue weighted by molar-refractivity contribution is -0.124. The normalized spacial score (nSPS) is 18.8. The molecule has 3 nitrogen and oxygen atoms in total. The van der Waals surface area contributed by atoms with Crippen molar-refractivity contribution in [2.45, 2.75) is 5.92 Å². The van der Waals surface area contributed by atoms with Gasteiger partial charge in [-0.3, -0.25) is 4.79 Å². The molecule has 0 spiro atoms. The van der Waals surface area contributed by atoms with E-state index in [4.69, 9.17) is 9.47 Å². The SMILES string of the molecule is COCC(=O)C1COc2ccccc21. The van der Waals surface area contributed by atoms with Crippen molar-refractivity contribution in [2.75, 3.05) is 20.3 Å². The van der Waals surface area contributed by atoms with E-state index in [0.29, 0.717) is 6.61 Å². The van der Waals surface area contributed by atoms with E-state index in [1.807, 2.05) is 24.3 Å². The maximum absolute atomic E-state index is 11.6. The lowest BCUT2D eigenvalue weighted by Gasteiger charge is -2.05. The second-order valence-electron chi connectivity index (χ2n) is 3.30. The third-order valence-electron chi connectivity index (χ3n) is 2.38. The molecule has 0 bridgehead atoms. The Bertz CT molecular complexity index is 346. The van der Waals surface area contributed by atoms with Crippen molar-refractivity contribution < 1.29 is 14.3 Å². The highest BCUT2D eigenvalue weighted by Crippen LogP contribution is 2.33. The predicted molar refractivity (Wildman–Crippen MR) is 51.6 cm³/mol. The van der Waals surface area contributed by atoms with E-state index in [2.05, 4.69) is 0 Å². The van der Waals surface area contributed by atoms with Crippen molar-refractivity contribution in [1.29, 1.82) is 0 Å². The average molecular weight is 192 g/mol. The Balaban J connectivity index is 2.21. The second-order valence-corrected chi connectivity index (χ2v) is 3.30. The summed E-state index contributed by atoms with van der Waals surface area (Å²) in [5, 5.41) is 0. The maximum atomic E-state index is 11.6. The van der Waals surface area contributed by atoms with Crippen LogP contribution in [0.3, 0.4) is 0 Å². The van der Waals surface area contributed by atoms with Gasteiger partial charge in [-0.1, -0.05) is 18.2 Å². The molecule has 0 radical (unpaired) electrons. The van der Waals surface area contributed by atoms with E-state index >= 15 is 0 Å². The van der Waals surface area contributed by atoms with Crippen molar-refractivity contribution in [2.24, 2.45) is 0 Å². The van der Waals surface area contributed by atoms with E-state index < -0.39 is 0 Å². The van der Waals surface area contributed by atoms with Crippen molar-refractivity contribution in [3.05, 3.63) is 29.8 Å². The van der Waals surface area contributed by atoms with Crippen molar-refractivity contribution >= 4 is 5.78 Å². The fourth-order valence-electron chi connectivity index (χ4n) is 1.67. The van der Waals surface area contributed by atoms with Gasteiger partial charge in [0.2, 0.25) is 0 Å². The molecule has 1 unspecified atom stereocenters. The Morgan fingerprint density at radius 1 is 1.57 bits per heavy atom. The van der Waals surface area contributed by atoms with Gasteiger partial charge in [-0.05, 0) is 6.07 Å². The molecule has 1 aliphatic rings. The lowest BCUT2D eigenvalue weighted by atomic mass is 9.97. The van der Waals surface area contributed by atoms with Crippen LogP contribution >= 0.6 is 0 Å². The first-order valence-electron chi connectivity index (χ1n) is 4.56. The number of hydrogen-bond donors (Lipinski definition) is 0. The van der Waals surface area contributed by atoms with E-state index in [1.165, 1.54) is 7.11 Å². The molecule has 1 heterocycles. The molecule has 0 amide bonds. The summed E-state index contributed by atoms with van der Waals surface area (Å²) < 4.78 is 10.2. The number of para-hydroxylation sites is 1. The van der Waals surface area contributed by atoms with Crippen LogP contribution in [-0.2, 0) is 9.53 Å². The number of fused-ring (bicyclic) bond motifs is 1. The van der Waals surface area contributed by atoms with Gasteiger partial charge in [0, 0.05) is 12.7 Å². The Kier molecular flexibility index (Phi) is 2.50. The van der Waals surface area contributed by atoms with Gasteiger partial charge in [-0.2, -0.15) is 0 Å². The maximum Gasteiger partial charge on any atom is 0.169 e. The van der Waals surface area contributed by atoms with Crippen LogP contribution in [0.4, 0.5) is 0 Å². The molecule has 0 aromatic heterocycles. The van der Waals surface area contributed by atoms with Crippen LogP contribution in [0.25, 0.3) is 0 Å². The summed E-state index contributed by atoms with van der Waals surface area (Å²) in [5.74, 6) is 0.755. The summed E-state index contributed by atoms with van der Waals surface area (Å²) in [7, 11) is 1.53. The van der Waals surface area contributed by atoms with Gasteiger partial charge in [0.1, 0.15) is 19.0 Å². The number of ketones is 1. The van der Waals surface area contributed by atoms with Crippen LogP contribution in [-0.4, -0.2) is 26.1 Å². The van der Waals surface area contributed by atoms with E-state index in [1.54, 1.807) is 0 Å². The molecule has 0 fully saturated rings. The topological polar surface area (TPSA) is 35.5 Å². The fourth-order valence-corrected chi connectivity index (χ4v) is 1.67. The molecule has 0 N–H and O–H groups in total. The van der Waals surface area contributed by atoms with Crippen LogP contribution in [0, 0.1) is 0 Å². The molecule has 1 aromatic rings. The first kappa shape index (κ1) is 9.21. The number of Topliss-reactive ketones (excluding diaryl/α,β-unsaturated/α-hetero) is 1. The second kappa shape index (κ2) is 3.80. The highest BCUT2D eigenvalue weighted by Gasteiger charge is 2.29. The van der Waals surface area contributed by atoms with Crippen LogP contribution in [0.1, 0.15) is 11.5 Å². The summed E-state index contributed by atoms with van der Waals surface area (Å²) in [4.78, 5) is 11.6. The quantitative estimate of drug-likeness (QED) is 0.725. The zero-order valence-electron chi connectivity index (χ0n) is 8.03. The first-order chi connectivity index (χ1) is 6.83. The summed E-state index contributed by atoms with van der Waals surface area (Å²) in [6, 6.07) is 7.64. The van der Waals surface area contributed by atoms with Crippen LogP contribution in [0.2, 0.25) is 0 Å². The summed E-state index contributed by atoms with van der Waals surface area (Å²) in [6.07, 6.45) is 0. The molecule has 0 saturated heterocycles. The van der Waals surface area contributed by atoms with Crippen LogP contribution in [0.5, 0.6) is 5.75 Å². The van der Waals surface area contributed by atoms with Gasteiger partial charge in [0.15, 0.2) is 5.78 Å². The van der Waals surface area contributed by atoms with Gasteiger partial charge in [0.25, 0.3) is 0 Å². The molecule has 1 aromatic carbocycles. The highest BCUT2D eigenvalue weighted by atomic mass is 16.5. The highest BCUT2D eigenvalue weighted by molar-refractivity contribution is 5.88. The molecular weight excluding hydrogens is 180 g/mol. The summed E-state index contributed by atoms with van der Waals surface area (Å²) in [5.41, 5.74) is 0.981. The minimum atomic E-state index is -0.147. The number of benzene rings is 1. The van der Waals surface area contributed by atoms with E-state index in [0.717, 1.165) is 11.3 Å². The monoisotopic (exact) mass is 192 g/mol. The largest absolute Gasteiger partial charge is 0.492 e. The van der Waals surface area contributed by atoms with Crippen LogP contribution < -0.4 is 4.74 Å². The Labute approximate surface area is 82.6 Å². The van der Waals surface area contributed by atoms with Crippen LogP contribution in [0.15, 0.2) is 24.3 Å². The minimum absolute atomic E-state index is 0.0810. The van der Waals surface area contributed by atoms with Gasteiger partial charge in [0.05, 0.1) is 5.92 Å². The number of methoxy groups -OCH3 is 1. The molecular formula is C11H12O3. The van der Waals surface area contributed by atoms with E-state index in [9.17, 15) is 4.79 Å². The molecule has 0 saturated carbocycles. The molecule has 3 heteroatoms. The van der Waals surface area contributed by atoms with Crippen molar-refractivity contribution in [1.82, 2.24) is 0 Å². The summed E-state index contributed by atoms with van der Waals surface area (Å²) >= 11 is 0. The number of ether oxygens (including phenoxy) is 2. The average Bonchev–Trinajstić information content (AvgIpc) is 2.61. The third kappa shape index (κ3) is 1.51. The standard InChI is InChI=1S/C11H12O3/c1-13-7-10(12)9-6-14-11-5-3-2-4-8(9)11/h2-5,9H,6-7H2,1H3. The molecule has 0 aliphatic carbocycles. The third-order valence-corrected chi connectivity index (χ3v) is 2.38. The van der Waals surface area contributed by atoms with Gasteiger partial charge >= 0.3 is 0 Å². The zero-order valence-corrected chi connectivity index (χ0v) is 8.03. The predicted octanol–water partition coefficient (Wildman–Crippen LogP) is 1.38. The fraction of sp³-hybridized carbons (Fsp3) is 0.364. The summed E-state index contributed by atoms with van der Waals surface area (Å²) in [6.45, 7) is 0.601. The Hall–Kier alpha value is -1.35. The molecule has 1 atom stereocenters. The molecule has 14 heavy (non-hydrogen) atoms. The Morgan fingerprint density at radius 3 is 3.14 bits per heavy atom. The molecule has 2 rings (SSSR count). The number of carbonyl (C=O) groups excluding carboxylic acids is 1. The van der Waals surface area contributed by atoms with Crippen molar-refractivity contribution in [3.63, 3.8) is 0 Å². The number of hydrogen-bond acceptors (Lipinski definition) is 3. The Morgan fingerprint density at radius 2 is 2.36 bits per heavy atom.